The Bertz CT molecular complexity index is 1320. The molecule has 2 aromatic carbocycles. The van der Waals surface area contributed by atoms with Crippen molar-refractivity contribution in [2.24, 2.45) is 0 Å². The van der Waals surface area contributed by atoms with E-state index in [2.05, 4.69) is 20.5 Å². The Kier molecular flexibility index (Phi) is 3.77. The lowest BCUT2D eigenvalue weighted by Gasteiger charge is -2.35. The predicted octanol–water partition coefficient (Wildman–Crippen LogP) is 5.60. The standard InChI is InChI=1S/C21H17F4N5/c1-9-28-29-20-21(2,3)27-14-7-13(23)15(16(19(24)25)18(14)30(9)20)11-8-26-17-10(11)5-4-6-12(17)22/h4-8,19,26-27H,1-3H3. The number of aromatic amines is 1. The van der Waals surface area contributed by atoms with Gasteiger partial charge < -0.3 is 10.3 Å². The summed E-state index contributed by atoms with van der Waals surface area (Å²) in [5.41, 5.74) is -0.904. The lowest BCUT2D eigenvalue weighted by molar-refractivity contribution is 0.151. The van der Waals surface area contributed by atoms with Gasteiger partial charge in [0.25, 0.3) is 6.43 Å². The topological polar surface area (TPSA) is 58.5 Å². The molecule has 1 aliphatic rings. The maximum absolute atomic E-state index is 15.3. The van der Waals surface area contributed by atoms with Crippen molar-refractivity contribution < 1.29 is 17.6 Å². The first kappa shape index (κ1) is 18.7. The van der Waals surface area contributed by atoms with Crippen molar-refractivity contribution in [3.05, 3.63) is 59.3 Å². The summed E-state index contributed by atoms with van der Waals surface area (Å²) < 4.78 is 59.9. The first-order valence-corrected chi connectivity index (χ1v) is 9.32. The van der Waals surface area contributed by atoms with E-state index in [1.165, 1.54) is 29.0 Å². The van der Waals surface area contributed by atoms with Gasteiger partial charge in [0.1, 0.15) is 17.5 Å². The van der Waals surface area contributed by atoms with Gasteiger partial charge in [-0.3, -0.25) is 4.57 Å². The van der Waals surface area contributed by atoms with Gasteiger partial charge in [0.15, 0.2) is 5.82 Å². The average molecular weight is 415 g/mol. The summed E-state index contributed by atoms with van der Waals surface area (Å²) in [6.45, 7) is 5.28. The van der Waals surface area contributed by atoms with Crippen LogP contribution >= 0.6 is 0 Å². The molecule has 2 N–H and O–H groups in total. The zero-order chi connectivity index (χ0) is 21.4. The molecule has 0 atom stereocenters. The summed E-state index contributed by atoms with van der Waals surface area (Å²) in [5, 5.41) is 11.6. The van der Waals surface area contributed by atoms with Crippen LogP contribution in [0.25, 0.3) is 27.7 Å². The summed E-state index contributed by atoms with van der Waals surface area (Å²) in [5.74, 6) is -0.523. The van der Waals surface area contributed by atoms with Crippen LogP contribution in [0.4, 0.5) is 23.2 Å². The van der Waals surface area contributed by atoms with Crippen LogP contribution in [0.5, 0.6) is 0 Å². The molecule has 0 spiro atoms. The number of nitrogens with zero attached hydrogens (tertiary/aromatic N) is 3. The third-order valence-corrected chi connectivity index (χ3v) is 5.50. The average Bonchev–Trinajstić information content (AvgIpc) is 3.26. The summed E-state index contributed by atoms with van der Waals surface area (Å²) in [6, 6.07) is 5.46. The molecule has 0 bridgehead atoms. The number of aromatic nitrogens is 4. The van der Waals surface area contributed by atoms with Crippen molar-refractivity contribution in [1.82, 2.24) is 19.7 Å². The first-order chi connectivity index (χ1) is 14.2. The van der Waals surface area contributed by atoms with E-state index in [1.807, 2.05) is 13.8 Å². The number of hydrogen-bond donors (Lipinski definition) is 2. The van der Waals surface area contributed by atoms with Gasteiger partial charge in [0.2, 0.25) is 0 Å². The second-order valence-corrected chi connectivity index (χ2v) is 7.86. The van der Waals surface area contributed by atoms with Gasteiger partial charge in [-0.15, -0.1) is 10.2 Å². The number of aryl methyl sites for hydroxylation is 1. The van der Waals surface area contributed by atoms with Crippen molar-refractivity contribution in [1.29, 1.82) is 0 Å². The Morgan fingerprint density at radius 1 is 1.10 bits per heavy atom. The van der Waals surface area contributed by atoms with Crippen molar-refractivity contribution in [3.63, 3.8) is 0 Å². The molecule has 154 valence electrons. The fraction of sp³-hybridized carbons (Fsp3) is 0.238. The van der Waals surface area contributed by atoms with Gasteiger partial charge in [0, 0.05) is 22.7 Å². The van der Waals surface area contributed by atoms with Gasteiger partial charge >= 0.3 is 0 Å². The molecule has 0 aliphatic carbocycles. The van der Waals surface area contributed by atoms with Crippen LogP contribution in [-0.4, -0.2) is 19.7 Å². The molecule has 5 rings (SSSR count). The Labute approximate surface area is 168 Å². The van der Waals surface area contributed by atoms with E-state index in [-0.39, 0.29) is 28.0 Å². The fourth-order valence-electron chi connectivity index (χ4n) is 4.23. The first-order valence-electron chi connectivity index (χ1n) is 9.32. The van der Waals surface area contributed by atoms with E-state index in [1.54, 1.807) is 13.0 Å². The molecule has 0 radical (unpaired) electrons. The number of para-hydroxylation sites is 1. The van der Waals surface area contributed by atoms with Crippen molar-refractivity contribution in [2.75, 3.05) is 5.32 Å². The maximum Gasteiger partial charge on any atom is 0.266 e. The molecule has 4 aromatic rings. The Morgan fingerprint density at radius 2 is 1.87 bits per heavy atom. The van der Waals surface area contributed by atoms with Crippen LogP contribution in [0.2, 0.25) is 0 Å². The van der Waals surface area contributed by atoms with Crippen LogP contribution in [0.15, 0.2) is 30.5 Å². The minimum atomic E-state index is -3.00. The minimum absolute atomic E-state index is 0.101. The molecule has 3 heterocycles. The Morgan fingerprint density at radius 3 is 2.60 bits per heavy atom. The highest BCUT2D eigenvalue weighted by Gasteiger charge is 2.39. The SMILES string of the molecule is Cc1nnc2n1-c1c(cc(F)c(-c3c[nH]c4c(F)cccc34)c1C(F)F)NC2(C)C. The lowest BCUT2D eigenvalue weighted by atomic mass is 9.92. The second-order valence-electron chi connectivity index (χ2n) is 7.86. The van der Waals surface area contributed by atoms with Gasteiger partial charge in [-0.25, -0.2) is 17.6 Å². The zero-order valence-corrected chi connectivity index (χ0v) is 16.3. The molecule has 0 amide bonds. The summed E-state index contributed by atoms with van der Waals surface area (Å²) >= 11 is 0. The van der Waals surface area contributed by atoms with Crippen molar-refractivity contribution in [2.45, 2.75) is 32.7 Å². The molecular formula is C21H17F4N5. The number of benzene rings is 2. The molecule has 2 aromatic heterocycles. The number of fused-ring (bicyclic) bond motifs is 4. The van der Waals surface area contributed by atoms with Gasteiger partial charge in [-0.05, 0) is 32.9 Å². The largest absolute Gasteiger partial charge is 0.371 e. The molecule has 0 saturated heterocycles. The van der Waals surface area contributed by atoms with Crippen LogP contribution in [0.3, 0.4) is 0 Å². The normalized spacial score (nSPS) is 14.7. The highest BCUT2D eigenvalue weighted by molar-refractivity contribution is 5.98. The third kappa shape index (κ3) is 2.41. The number of rotatable bonds is 2. The van der Waals surface area contributed by atoms with Crippen LogP contribution in [0.1, 0.15) is 37.5 Å². The van der Waals surface area contributed by atoms with Gasteiger partial charge in [-0.2, -0.15) is 0 Å². The molecule has 0 fully saturated rings. The van der Waals surface area contributed by atoms with Crippen molar-refractivity contribution in [3.8, 4) is 16.8 Å². The predicted molar refractivity (Wildman–Crippen MR) is 105 cm³/mol. The van der Waals surface area contributed by atoms with Crippen LogP contribution in [0, 0.1) is 18.6 Å². The monoisotopic (exact) mass is 415 g/mol. The summed E-state index contributed by atoms with van der Waals surface area (Å²) in [6.07, 6.45) is -1.65. The van der Waals surface area contributed by atoms with E-state index in [4.69, 9.17) is 0 Å². The van der Waals surface area contributed by atoms with Gasteiger partial charge in [0.05, 0.1) is 28.0 Å². The van der Waals surface area contributed by atoms with Crippen LogP contribution in [-0.2, 0) is 5.54 Å². The Balaban J connectivity index is 1.91. The molecule has 30 heavy (non-hydrogen) atoms. The third-order valence-electron chi connectivity index (χ3n) is 5.50. The number of nitrogens with one attached hydrogen (secondary N) is 2. The second kappa shape index (κ2) is 6.07. The summed E-state index contributed by atoms with van der Waals surface area (Å²) in [7, 11) is 0. The highest BCUT2D eigenvalue weighted by Crippen LogP contribution is 2.47. The number of anilines is 1. The molecule has 0 unspecified atom stereocenters. The smallest absolute Gasteiger partial charge is 0.266 e. The number of hydrogen-bond acceptors (Lipinski definition) is 3. The molecule has 5 nitrogen and oxygen atoms in total. The highest BCUT2D eigenvalue weighted by atomic mass is 19.3. The maximum atomic E-state index is 15.3. The van der Waals surface area contributed by atoms with Crippen molar-refractivity contribution >= 4 is 16.6 Å². The van der Waals surface area contributed by atoms with E-state index in [9.17, 15) is 13.2 Å². The zero-order valence-electron chi connectivity index (χ0n) is 16.3. The lowest BCUT2D eigenvalue weighted by Crippen LogP contribution is -2.36. The Hall–Kier alpha value is -3.36. The van der Waals surface area contributed by atoms with E-state index in [0.29, 0.717) is 17.0 Å². The van der Waals surface area contributed by atoms with E-state index in [0.717, 1.165) is 0 Å². The number of halogens is 4. The number of alkyl halides is 2. The van der Waals surface area contributed by atoms with E-state index >= 15 is 4.39 Å². The molecule has 9 heteroatoms. The fourth-order valence-corrected chi connectivity index (χ4v) is 4.23. The molecule has 1 aliphatic heterocycles. The number of H-pyrrole nitrogens is 1. The van der Waals surface area contributed by atoms with Gasteiger partial charge in [-0.1, -0.05) is 12.1 Å². The molecular weight excluding hydrogens is 398 g/mol. The van der Waals surface area contributed by atoms with E-state index < -0.39 is 29.2 Å². The summed E-state index contributed by atoms with van der Waals surface area (Å²) in [4.78, 5) is 2.73. The van der Waals surface area contributed by atoms with Crippen LogP contribution < -0.4 is 5.32 Å². The minimum Gasteiger partial charge on any atom is -0.371 e. The molecule has 0 saturated carbocycles. The quantitative estimate of drug-likeness (QED) is 0.419.